The first kappa shape index (κ1) is 14.4. The Balaban J connectivity index is 1.70. The van der Waals surface area contributed by atoms with Crippen molar-refractivity contribution in [1.29, 1.82) is 0 Å². The van der Waals surface area contributed by atoms with Crippen molar-refractivity contribution >= 4 is 23.3 Å². The molecule has 4 rings (SSSR count). The number of thiophene rings is 1. The fraction of sp³-hybridized carbons (Fsp3) is 0.294. The van der Waals surface area contributed by atoms with Crippen molar-refractivity contribution in [3.63, 3.8) is 0 Å². The summed E-state index contributed by atoms with van der Waals surface area (Å²) in [6, 6.07) is 7.69. The van der Waals surface area contributed by atoms with Crippen molar-refractivity contribution < 1.29 is 14.0 Å². The lowest BCUT2D eigenvalue weighted by molar-refractivity contribution is -0.132. The zero-order valence-electron chi connectivity index (χ0n) is 12.3. The Hall–Kier alpha value is -2.21. The Kier molecular flexibility index (Phi) is 3.23. The molecule has 0 saturated carbocycles. The van der Waals surface area contributed by atoms with Gasteiger partial charge in [0, 0.05) is 16.0 Å². The quantitative estimate of drug-likeness (QED) is 0.860. The standard InChI is InChI=1S/C17H15FN2O2S/c18-13-5-2-1-4-11(13)10-20-15(21)17(19-16(20)22)8-3-6-14-12(17)7-9-23-14/h1-2,4-5,7,9H,3,6,8,10H2,(H,19,22)/t17-/m0/s1. The zero-order valence-corrected chi connectivity index (χ0v) is 13.2. The van der Waals surface area contributed by atoms with Crippen LogP contribution in [0.1, 0.15) is 28.8 Å². The number of imide groups is 1. The monoisotopic (exact) mass is 330 g/mol. The van der Waals surface area contributed by atoms with Crippen LogP contribution in [-0.2, 0) is 23.3 Å². The Morgan fingerprint density at radius 1 is 1.26 bits per heavy atom. The molecule has 0 unspecified atom stereocenters. The lowest BCUT2D eigenvalue weighted by atomic mass is 9.80. The van der Waals surface area contributed by atoms with Crippen LogP contribution in [0, 0.1) is 5.82 Å². The van der Waals surface area contributed by atoms with Gasteiger partial charge in [0.15, 0.2) is 0 Å². The molecule has 1 N–H and O–H groups in total. The van der Waals surface area contributed by atoms with Crippen LogP contribution < -0.4 is 5.32 Å². The lowest BCUT2D eigenvalue weighted by Gasteiger charge is -2.31. The molecule has 4 nitrogen and oxygen atoms in total. The van der Waals surface area contributed by atoms with E-state index in [2.05, 4.69) is 5.32 Å². The Bertz CT molecular complexity index is 803. The van der Waals surface area contributed by atoms with Gasteiger partial charge in [0.1, 0.15) is 11.4 Å². The van der Waals surface area contributed by atoms with Crippen molar-refractivity contribution in [2.75, 3.05) is 0 Å². The summed E-state index contributed by atoms with van der Waals surface area (Å²) in [6.07, 6.45) is 2.38. The summed E-state index contributed by atoms with van der Waals surface area (Å²) in [5.41, 5.74) is 0.285. The second-order valence-corrected chi connectivity index (χ2v) is 6.93. The number of carbonyl (C=O) groups excluding carboxylic acids is 2. The van der Waals surface area contributed by atoms with E-state index < -0.39 is 17.4 Å². The van der Waals surface area contributed by atoms with Gasteiger partial charge in [-0.05, 0) is 36.8 Å². The molecule has 1 aromatic heterocycles. The molecule has 1 spiro atoms. The third-order valence-corrected chi connectivity index (χ3v) is 5.60. The molecule has 2 aliphatic rings. The molecule has 3 amide bonds. The largest absolute Gasteiger partial charge is 0.325 e. The van der Waals surface area contributed by atoms with Crippen molar-refractivity contribution in [2.45, 2.75) is 31.3 Å². The number of rotatable bonds is 2. The highest BCUT2D eigenvalue weighted by Gasteiger charge is 2.54. The number of hydrogen-bond donors (Lipinski definition) is 1. The van der Waals surface area contributed by atoms with Gasteiger partial charge in [-0.15, -0.1) is 11.3 Å². The average molecular weight is 330 g/mol. The van der Waals surface area contributed by atoms with Crippen molar-refractivity contribution in [1.82, 2.24) is 10.2 Å². The van der Waals surface area contributed by atoms with Crippen molar-refractivity contribution in [3.8, 4) is 0 Å². The highest BCUT2D eigenvalue weighted by molar-refractivity contribution is 7.10. The summed E-state index contributed by atoms with van der Waals surface area (Å²) in [5.74, 6) is -0.681. The first-order chi connectivity index (χ1) is 11.1. The van der Waals surface area contributed by atoms with Gasteiger partial charge >= 0.3 is 6.03 Å². The number of benzene rings is 1. The Morgan fingerprint density at radius 2 is 2.09 bits per heavy atom. The fourth-order valence-electron chi connectivity index (χ4n) is 3.48. The van der Waals surface area contributed by atoms with Crippen LogP contribution in [0.2, 0.25) is 0 Å². The second kappa shape index (κ2) is 5.16. The Labute approximate surface area is 136 Å². The molecule has 1 saturated heterocycles. The van der Waals surface area contributed by atoms with E-state index in [0.29, 0.717) is 12.0 Å². The van der Waals surface area contributed by atoms with E-state index in [0.717, 1.165) is 28.2 Å². The van der Waals surface area contributed by atoms with Gasteiger partial charge in [-0.2, -0.15) is 0 Å². The number of aryl methyl sites for hydroxylation is 1. The number of nitrogens with one attached hydrogen (secondary N) is 1. The number of carbonyl (C=O) groups is 2. The third kappa shape index (κ3) is 2.09. The second-order valence-electron chi connectivity index (χ2n) is 5.93. The van der Waals surface area contributed by atoms with Crippen LogP contribution in [-0.4, -0.2) is 16.8 Å². The maximum absolute atomic E-state index is 13.9. The molecule has 2 aromatic rings. The molecular weight excluding hydrogens is 315 g/mol. The van der Waals surface area contributed by atoms with Gasteiger partial charge in [0.2, 0.25) is 0 Å². The number of nitrogens with zero attached hydrogens (tertiary/aromatic N) is 1. The molecule has 6 heteroatoms. The number of hydrogen-bond acceptors (Lipinski definition) is 3. The van der Waals surface area contributed by atoms with E-state index in [1.54, 1.807) is 29.5 Å². The number of urea groups is 1. The topological polar surface area (TPSA) is 49.4 Å². The van der Waals surface area contributed by atoms with Crippen LogP contribution in [0.3, 0.4) is 0 Å². The van der Waals surface area contributed by atoms with E-state index in [9.17, 15) is 14.0 Å². The molecule has 118 valence electrons. The molecular formula is C17H15FN2O2S. The van der Waals surface area contributed by atoms with E-state index in [-0.39, 0.29) is 12.5 Å². The van der Waals surface area contributed by atoms with Gasteiger partial charge in [-0.3, -0.25) is 9.69 Å². The average Bonchev–Trinajstić information content (AvgIpc) is 3.10. The van der Waals surface area contributed by atoms with Crippen LogP contribution >= 0.6 is 11.3 Å². The predicted octanol–water partition coefficient (Wildman–Crippen LogP) is 3.17. The molecule has 23 heavy (non-hydrogen) atoms. The molecule has 1 aromatic carbocycles. The van der Waals surface area contributed by atoms with Gasteiger partial charge in [0.25, 0.3) is 5.91 Å². The summed E-state index contributed by atoms with van der Waals surface area (Å²) in [7, 11) is 0. The van der Waals surface area contributed by atoms with Crippen LogP contribution in [0.25, 0.3) is 0 Å². The summed E-state index contributed by atoms with van der Waals surface area (Å²) in [6.45, 7) is -0.0431. The molecule has 0 bridgehead atoms. The van der Waals surface area contributed by atoms with Gasteiger partial charge in [-0.25, -0.2) is 9.18 Å². The van der Waals surface area contributed by atoms with Gasteiger partial charge in [0.05, 0.1) is 6.54 Å². The van der Waals surface area contributed by atoms with Crippen LogP contribution in [0.15, 0.2) is 35.7 Å². The maximum Gasteiger partial charge on any atom is 0.325 e. The molecule has 1 aliphatic heterocycles. The predicted molar refractivity (Wildman–Crippen MR) is 84.4 cm³/mol. The summed E-state index contributed by atoms with van der Waals surface area (Å²) in [4.78, 5) is 27.7. The van der Waals surface area contributed by atoms with Crippen molar-refractivity contribution in [3.05, 3.63) is 57.5 Å². The third-order valence-electron chi connectivity index (χ3n) is 4.62. The Morgan fingerprint density at radius 3 is 2.91 bits per heavy atom. The first-order valence-electron chi connectivity index (χ1n) is 7.56. The molecule has 1 fully saturated rings. The SMILES string of the molecule is O=C1N[C@]2(CCCc3sccc32)C(=O)N1Cc1ccccc1F. The fourth-order valence-corrected chi connectivity index (χ4v) is 4.48. The maximum atomic E-state index is 13.9. The molecule has 0 radical (unpaired) electrons. The zero-order chi connectivity index (χ0) is 16.0. The first-order valence-corrected chi connectivity index (χ1v) is 8.44. The van der Waals surface area contributed by atoms with Gasteiger partial charge < -0.3 is 5.32 Å². The number of amides is 3. The number of fused-ring (bicyclic) bond motifs is 2. The summed E-state index contributed by atoms with van der Waals surface area (Å²) in [5, 5.41) is 4.83. The minimum atomic E-state index is -0.962. The highest BCUT2D eigenvalue weighted by atomic mass is 32.1. The van der Waals surface area contributed by atoms with Crippen molar-refractivity contribution in [2.24, 2.45) is 0 Å². The number of halogens is 1. The van der Waals surface area contributed by atoms with E-state index in [1.165, 1.54) is 6.07 Å². The molecule has 1 aliphatic carbocycles. The molecule has 2 heterocycles. The minimum Gasteiger partial charge on any atom is -0.319 e. The smallest absolute Gasteiger partial charge is 0.319 e. The van der Waals surface area contributed by atoms with Gasteiger partial charge in [-0.1, -0.05) is 18.2 Å². The lowest BCUT2D eigenvalue weighted by Crippen LogP contribution is -2.46. The summed E-state index contributed by atoms with van der Waals surface area (Å²) >= 11 is 1.62. The summed E-state index contributed by atoms with van der Waals surface area (Å²) < 4.78 is 13.9. The highest BCUT2D eigenvalue weighted by Crippen LogP contribution is 2.42. The molecule has 1 atom stereocenters. The van der Waals surface area contributed by atoms with E-state index in [4.69, 9.17) is 0 Å². The van der Waals surface area contributed by atoms with E-state index in [1.807, 2.05) is 11.4 Å². The normalized spacial score (nSPS) is 23.3. The van der Waals surface area contributed by atoms with E-state index >= 15 is 0 Å². The van der Waals surface area contributed by atoms with Crippen LogP contribution in [0.5, 0.6) is 0 Å². The van der Waals surface area contributed by atoms with Crippen LogP contribution in [0.4, 0.5) is 9.18 Å². The minimum absolute atomic E-state index is 0.0431.